The molecule has 122 valence electrons. The molecule has 1 N–H and O–H groups in total. The van der Waals surface area contributed by atoms with E-state index in [-0.39, 0.29) is 16.8 Å². The van der Waals surface area contributed by atoms with E-state index in [4.69, 9.17) is 11.6 Å². The summed E-state index contributed by atoms with van der Waals surface area (Å²) in [5, 5.41) is 2.76. The highest BCUT2D eigenvalue weighted by molar-refractivity contribution is 6.31. The van der Waals surface area contributed by atoms with Gasteiger partial charge in [0.05, 0.1) is 10.9 Å². The molecule has 0 bridgehead atoms. The standard InChI is InChI=1S/C19H21ClFNO/c1-12(2)10-14-4-6-15(7-5-14)13(3)19(23)22-16-8-9-18(21)17(20)11-16/h4-9,11-13H,10H2,1-3H3,(H,22,23). The molecular formula is C19H21ClFNO. The maximum Gasteiger partial charge on any atom is 0.231 e. The van der Waals surface area contributed by atoms with Crippen molar-refractivity contribution in [2.75, 3.05) is 5.32 Å². The molecule has 23 heavy (non-hydrogen) atoms. The maximum absolute atomic E-state index is 13.1. The molecule has 0 aliphatic rings. The van der Waals surface area contributed by atoms with Gasteiger partial charge in [0.2, 0.25) is 5.91 Å². The first-order valence-electron chi connectivity index (χ1n) is 7.71. The Morgan fingerprint density at radius 3 is 2.35 bits per heavy atom. The quantitative estimate of drug-likeness (QED) is 0.777. The first-order valence-corrected chi connectivity index (χ1v) is 8.09. The molecule has 0 aromatic heterocycles. The Morgan fingerprint density at radius 1 is 1.13 bits per heavy atom. The van der Waals surface area contributed by atoms with Crippen LogP contribution >= 0.6 is 11.6 Å². The molecule has 0 saturated heterocycles. The highest BCUT2D eigenvalue weighted by Crippen LogP contribution is 2.22. The number of carbonyl (C=O) groups excluding carboxylic acids is 1. The average Bonchev–Trinajstić information content (AvgIpc) is 2.50. The number of hydrogen-bond acceptors (Lipinski definition) is 1. The van der Waals surface area contributed by atoms with Crippen LogP contribution in [0.2, 0.25) is 5.02 Å². The van der Waals surface area contributed by atoms with E-state index in [1.54, 1.807) is 0 Å². The number of nitrogens with one attached hydrogen (secondary N) is 1. The highest BCUT2D eigenvalue weighted by atomic mass is 35.5. The van der Waals surface area contributed by atoms with Crippen LogP contribution in [0.15, 0.2) is 42.5 Å². The van der Waals surface area contributed by atoms with Gasteiger partial charge in [0.15, 0.2) is 0 Å². The summed E-state index contributed by atoms with van der Waals surface area (Å²) in [7, 11) is 0. The summed E-state index contributed by atoms with van der Waals surface area (Å²) >= 11 is 5.73. The van der Waals surface area contributed by atoms with Gasteiger partial charge in [0.25, 0.3) is 0 Å². The number of hydrogen-bond donors (Lipinski definition) is 1. The second-order valence-corrected chi connectivity index (χ2v) is 6.59. The van der Waals surface area contributed by atoms with Crippen molar-refractivity contribution in [1.29, 1.82) is 0 Å². The number of anilines is 1. The first-order chi connectivity index (χ1) is 10.9. The second-order valence-electron chi connectivity index (χ2n) is 6.18. The fourth-order valence-electron chi connectivity index (χ4n) is 2.39. The fourth-order valence-corrected chi connectivity index (χ4v) is 2.57. The second kappa shape index (κ2) is 7.60. The van der Waals surface area contributed by atoms with Crippen LogP contribution in [0, 0.1) is 11.7 Å². The van der Waals surface area contributed by atoms with Crippen LogP contribution in [0.5, 0.6) is 0 Å². The summed E-state index contributed by atoms with van der Waals surface area (Å²) in [6, 6.07) is 12.2. The van der Waals surface area contributed by atoms with E-state index in [2.05, 4.69) is 31.3 Å². The predicted molar refractivity (Wildman–Crippen MR) is 93.4 cm³/mol. The molecule has 0 radical (unpaired) electrons. The Kier molecular flexibility index (Phi) is 5.78. The van der Waals surface area contributed by atoms with Crippen LogP contribution in [-0.2, 0) is 11.2 Å². The number of benzene rings is 2. The summed E-state index contributed by atoms with van der Waals surface area (Å²) in [6.07, 6.45) is 1.02. The molecule has 1 atom stereocenters. The van der Waals surface area contributed by atoms with E-state index in [1.807, 2.05) is 19.1 Å². The van der Waals surface area contributed by atoms with E-state index in [0.29, 0.717) is 11.6 Å². The van der Waals surface area contributed by atoms with Gasteiger partial charge in [-0.3, -0.25) is 4.79 Å². The predicted octanol–water partition coefficient (Wildman–Crippen LogP) is 5.42. The van der Waals surface area contributed by atoms with Crippen molar-refractivity contribution in [3.05, 3.63) is 64.4 Å². The van der Waals surface area contributed by atoms with Crippen molar-refractivity contribution in [3.8, 4) is 0 Å². The number of halogens is 2. The molecule has 1 unspecified atom stereocenters. The molecule has 2 aromatic rings. The van der Waals surface area contributed by atoms with Crippen molar-refractivity contribution in [3.63, 3.8) is 0 Å². The first kappa shape index (κ1) is 17.5. The van der Waals surface area contributed by atoms with Crippen LogP contribution in [0.1, 0.15) is 37.8 Å². The van der Waals surface area contributed by atoms with E-state index >= 15 is 0 Å². The Labute approximate surface area is 141 Å². The van der Waals surface area contributed by atoms with Gasteiger partial charge in [0, 0.05) is 5.69 Å². The van der Waals surface area contributed by atoms with Crippen molar-refractivity contribution in [1.82, 2.24) is 0 Å². The third-order valence-corrected chi connectivity index (χ3v) is 3.99. The minimum Gasteiger partial charge on any atom is -0.326 e. The van der Waals surface area contributed by atoms with Gasteiger partial charge < -0.3 is 5.32 Å². The zero-order valence-corrected chi connectivity index (χ0v) is 14.3. The zero-order chi connectivity index (χ0) is 17.0. The average molecular weight is 334 g/mol. The molecule has 2 aromatic carbocycles. The Bertz CT molecular complexity index is 682. The topological polar surface area (TPSA) is 29.1 Å². The van der Waals surface area contributed by atoms with E-state index in [0.717, 1.165) is 12.0 Å². The van der Waals surface area contributed by atoms with Crippen molar-refractivity contribution >= 4 is 23.2 Å². The van der Waals surface area contributed by atoms with Gasteiger partial charge in [-0.1, -0.05) is 49.7 Å². The molecule has 2 rings (SSSR count). The highest BCUT2D eigenvalue weighted by Gasteiger charge is 2.16. The number of rotatable bonds is 5. The maximum atomic E-state index is 13.1. The summed E-state index contributed by atoms with van der Waals surface area (Å²) in [4.78, 5) is 12.3. The normalized spacial score (nSPS) is 12.3. The lowest BCUT2D eigenvalue weighted by molar-refractivity contribution is -0.117. The lowest BCUT2D eigenvalue weighted by atomic mass is 9.96. The number of carbonyl (C=O) groups is 1. The monoisotopic (exact) mass is 333 g/mol. The van der Waals surface area contributed by atoms with Gasteiger partial charge in [-0.2, -0.15) is 0 Å². The molecular weight excluding hydrogens is 313 g/mol. The van der Waals surface area contributed by atoms with Crippen molar-refractivity contribution in [2.24, 2.45) is 5.92 Å². The molecule has 1 amide bonds. The van der Waals surface area contributed by atoms with Crippen molar-refractivity contribution < 1.29 is 9.18 Å². The van der Waals surface area contributed by atoms with Gasteiger partial charge in [-0.25, -0.2) is 4.39 Å². The SMILES string of the molecule is CC(C)Cc1ccc(C(C)C(=O)Nc2ccc(F)c(Cl)c2)cc1. The van der Waals surface area contributed by atoms with E-state index in [9.17, 15) is 9.18 Å². The van der Waals surface area contributed by atoms with Crippen LogP contribution in [0.4, 0.5) is 10.1 Å². The van der Waals surface area contributed by atoms with Crippen LogP contribution in [0.25, 0.3) is 0 Å². The molecule has 0 aliphatic carbocycles. The summed E-state index contributed by atoms with van der Waals surface area (Å²) in [5.74, 6) is -0.348. The van der Waals surface area contributed by atoms with Gasteiger partial charge >= 0.3 is 0 Å². The Hall–Kier alpha value is -1.87. The summed E-state index contributed by atoms with van der Waals surface area (Å²) < 4.78 is 13.1. The van der Waals surface area contributed by atoms with Crippen LogP contribution in [0.3, 0.4) is 0 Å². The zero-order valence-electron chi connectivity index (χ0n) is 13.6. The summed E-state index contributed by atoms with van der Waals surface area (Å²) in [6.45, 7) is 6.20. The fraction of sp³-hybridized carbons (Fsp3) is 0.316. The van der Waals surface area contributed by atoms with Gasteiger partial charge in [-0.15, -0.1) is 0 Å². The lowest BCUT2D eigenvalue weighted by Gasteiger charge is -2.14. The largest absolute Gasteiger partial charge is 0.326 e. The molecule has 4 heteroatoms. The molecule has 0 spiro atoms. The molecule has 0 saturated carbocycles. The van der Waals surface area contributed by atoms with Crippen molar-refractivity contribution in [2.45, 2.75) is 33.1 Å². The van der Waals surface area contributed by atoms with Crippen LogP contribution in [-0.4, -0.2) is 5.91 Å². The van der Waals surface area contributed by atoms with E-state index < -0.39 is 5.82 Å². The number of amides is 1. The van der Waals surface area contributed by atoms with Gasteiger partial charge in [-0.05, 0) is 48.6 Å². The van der Waals surface area contributed by atoms with E-state index in [1.165, 1.54) is 23.8 Å². The molecule has 0 aliphatic heterocycles. The minimum atomic E-state index is -0.501. The minimum absolute atomic E-state index is 0.00603. The lowest BCUT2D eigenvalue weighted by Crippen LogP contribution is -2.18. The summed E-state index contributed by atoms with van der Waals surface area (Å²) in [5.41, 5.74) is 2.70. The molecule has 0 fully saturated rings. The Morgan fingerprint density at radius 2 is 1.78 bits per heavy atom. The third kappa shape index (κ3) is 4.80. The van der Waals surface area contributed by atoms with Crippen LogP contribution < -0.4 is 5.32 Å². The molecule has 2 nitrogen and oxygen atoms in total. The Balaban J connectivity index is 2.05. The van der Waals surface area contributed by atoms with Gasteiger partial charge in [0.1, 0.15) is 5.82 Å². The molecule has 0 heterocycles. The smallest absolute Gasteiger partial charge is 0.231 e. The third-order valence-electron chi connectivity index (χ3n) is 3.70.